The van der Waals surface area contributed by atoms with Crippen molar-refractivity contribution in [3.8, 4) is 11.5 Å². The number of benzene rings is 1. The fourth-order valence-electron chi connectivity index (χ4n) is 3.37. The summed E-state index contributed by atoms with van der Waals surface area (Å²) in [6, 6.07) is 5.58. The first-order chi connectivity index (χ1) is 10.4. The third kappa shape index (κ3) is 3.23. The van der Waals surface area contributed by atoms with Crippen molar-refractivity contribution in [2.75, 3.05) is 20.2 Å². The van der Waals surface area contributed by atoms with Crippen molar-refractivity contribution in [2.24, 2.45) is 0 Å². The number of aliphatic hydroxyl groups is 1. The van der Waals surface area contributed by atoms with Crippen LogP contribution in [-0.4, -0.2) is 41.8 Å². The Morgan fingerprint density at radius 1 is 1.32 bits per heavy atom. The highest BCUT2D eigenvalue weighted by Gasteiger charge is 2.45. The number of nitrogens with zero attached hydrogens (tertiary/aromatic N) is 1. The summed E-state index contributed by atoms with van der Waals surface area (Å²) in [5, 5.41) is 11.0. The van der Waals surface area contributed by atoms with Gasteiger partial charge in [-0.05, 0) is 51.6 Å². The topological polar surface area (TPSA) is 41.9 Å². The normalized spacial score (nSPS) is 23.0. The Balaban J connectivity index is 2.36. The molecule has 1 N–H and O–H groups in total. The molecule has 4 nitrogen and oxygen atoms in total. The zero-order valence-electron chi connectivity index (χ0n) is 14.4. The molecule has 0 saturated heterocycles. The molecule has 0 bridgehead atoms. The van der Waals surface area contributed by atoms with Gasteiger partial charge in [0, 0.05) is 5.56 Å². The smallest absolute Gasteiger partial charge is 0.126 e. The largest absolute Gasteiger partial charge is 0.497 e. The van der Waals surface area contributed by atoms with Crippen molar-refractivity contribution in [2.45, 2.75) is 58.3 Å². The molecule has 1 heterocycles. The Bertz CT molecular complexity index is 501. The van der Waals surface area contributed by atoms with Crippen LogP contribution < -0.4 is 9.47 Å². The van der Waals surface area contributed by atoms with E-state index in [0.717, 1.165) is 43.0 Å². The van der Waals surface area contributed by atoms with Crippen LogP contribution in [0.4, 0.5) is 0 Å². The molecule has 2 atom stereocenters. The fourth-order valence-corrected chi connectivity index (χ4v) is 3.37. The van der Waals surface area contributed by atoms with Gasteiger partial charge in [-0.15, -0.1) is 0 Å². The van der Waals surface area contributed by atoms with Gasteiger partial charge in [0.2, 0.25) is 0 Å². The van der Waals surface area contributed by atoms with Crippen LogP contribution in [0.3, 0.4) is 0 Å². The Morgan fingerprint density at radius 3 is 2.64 bits per heavy atom. The van der Waals surface area contributed by atoms with E-state index in [1.165, 1.54) is 0 Å². The van der Waals surface area contributed by atoms with Gasteiger partial charge in [-0.3, -0.25) is 4.90 Å². The summed E-state index contributed by atoms with van der Waals surface area (Å²) in [6.07, 6.45) is 1.69. The van der Waals surface area contributed by atoms with E-state index in [9.17, 15) is 5.11 Å². The number of unbranched alkanes of at least 4 members (excludes halogenated alkanes) is 1. The molecule has 0 fully saturated rings. The Labute approximate surface area is 134 Å². The highest BCUT2D eigenvalue weighted by Crippen LogP contribution is 2.43. The second-order valence-electron chi connectivity index (χ2n) is 6.48. The molecule has 0 radical (unpaired) electrons. The number of ether oxygens (including phenoxy) is 2. The van der Waals surface area contributed by atoms with Crippen molar-refractivity contribution in [1.29, 1.82) is 0 Å². The predicted octanol–water partition coefficient (Wildman–Crippen LogP) is 3.39. The van der Waals surface area contributed by atoms with E-state index in [4.69, 9.17) is 9.47 Å². The molecular weight excluding hydrogens is 278 g/mol. The van der Waals surface area contributed by atoms with Crippen LogP contribution in [0.25, 0.3) is 0 Å². The second-order valence-corrected chi connectivity index (χ2v) is 6.48. The summed E-state index contributed by atoms with van der Waals surface area (Å²) in [4.78, 5) is 2.33. The molecule has 22 heavy (non-hydrogen) atoms. The number of fused-ring (bicyclic) bond motifs is 1. The van der Waals surface area contributed by atoms with E-state index >= 15 is 0 Å². The minimum absolute atomic E-state index is 0.0661. The zero-order chi connectivity index (χ0) is 16.3. The van der Waals surface area contributed by atoms with Crippen LogP contribution in [0, 0.1) is 0 Å². The lowest BCUT2D eigenvalue weighted by molar-refractivity contribution is -0.0817. The van der Waals surface area contributed by atoms with Crippen LogP contribution in [-0.2, 0) is 0 Å². The first kappa shape index (κ1) is 17.1. The van der Waals surface area contributed by atoms with Gasteiger partial charge in [0.05, 0.1) is 13.2 Å². The Morgan fingerprint density at radius 2 is 2.05 bits per heavy atom. The van der Waals surface area contributed by atoms with Crippen LogP contribution in [0.2, 0.25) is 0 Å². The molecule has 1 aromatic rings. The molecule has 1 aromatic carbocycles. The van der Waals surface area contributed by atoms with E-state index in [0.29, 0.717) is 0 Å². The third-order valence-electron chi connectivity index (χ3n) is 4.52. The van der Waals surface area contributed by atoms with Gasteiger partial charge >= 0.3 is 0 Å². The lowest BCUT2D eigenvalue weighted by Gasteiger charge is -2.48. The monoisotopic (exact) mass is 307 g/mol. The number of rotatable bonds is 6. The molecule has 0 aromatic heterocycles. The van der Waals surface area contributed by atoms with Crippen molar-refractivity contribution >= 4 is 0 Å². The standard InChI is InChI=1S/C18H29NO3/c1-6-8-11-19(7-2)17-16(20)14-12-13(21-5)9-10-15(14)22-18(17,3)4/h9-10,12,16-17,20H,6-8,11H2,1-5H3. The van der Waals surface area contributed by atoms with Gasteiger partial charge in [-0.2, -0.15) is 0 Å². The highest BCUT2D eigenvalue weighted by molar-refractivity contribution is 5.44. The molecule has 0 saturated carbocycles. The summed E-state index contributed by atoms with van der Waals surface area (Å²) in [5.41, 5.74) is 0.378. The number of likely N-dealkylation sites (N-methyl/N-ethyl adjacent to an activating group) is 1. The summed E-state index contributed by atoms with van der Waals surface area (Å²) < 4.78 is 11.5. The Kier molecular flexibility index (Phi) is 5.35. The molecule has 1 aliphatic heterocycles. The SMILES string of the molecule is CCCCN(CC)C1C(O)c2cc(OC)ccc2OC1(C)C. The fraction of sp³-hybridized carbons (Fsp3) is 0.667. The van der Waals surface area contributed by atoms with Crippen molar-refractivity contribution in [1.82, 2.24) is 4.90 Å². The minimum atomic E-state index is -0.578. The first-order valence-corrected chi connectivity index (χ1v) is 8.23. The molecule has 0 aliphatic carbocycles. The number of hydrogen-bond donors (Lipinski definition) is 1. The predicted molar refractivity (Wildman–Crippen MR) is 88.6 cm³/mol. The van der Waals surface area contributed by atoms with Crippen LogP contribution in [0.1, 0.15) is 52.2 Å². The molecule has 0 spiro atoms. The Hall–Kier alpha value is -1.26. The molecule has 124 valence electrons. The second kappa shape index (κ2) is 6.88. The van der Waals surface area contributed by atoms with Crippen LogP contribution >= 0.6 is 0 Å². The van der Waals surface area contributed by atoms with Gasteiger partial charge in [0.25, 0.3) is 0 Å². The number of aliphatic hydroxyl groups excluding tert-OH is 1. The maximum absolute atomic E-state index is 11.0. The van der Waals surface area contributed by atoms with Gasteiger partial charge in [-0.25, -0.2) is 0 Å². The average molecular weight is 307 g/mol. The van der Waals surface area contributed by atoms with Gasteiger partial charge < -0.3 is 14.6 Å². The molecule has 1 aliphatic rings. The molecule has 0 amide bonds. The summed E-state index contributed by atoms with van der Waals surface area (Å²) >= 11 is 0. The van der Waals surface area contributed by atoms with Crippen molar-refractivity contribution in [3.63, 3.8) is 0 Å². The molecule has 2 unspecified atom stereocenters. The van der Waals surface area contributed by atoms with E-state index in [1.54, 1.807) is 7.11 Å². The zero-order valence-corrected chi connectivity index (χ0v) is 14.4. The van der Waals surface area contributed by atoms with Crippen molar-refractivity contribution in [3.05, 3.63) is 23.8 Å². The summed E-state index contributed by atoms with van der Waals surface area (Å²) in [7, 11) is 1.64. The summed E-state index contributed by atoms with van der Waals surface area (Å²) in [6.45, 7) is 10.3. The van der Waals surface area contributed by atoms with Crippen molar-refractivity contribution < 1.29 is 14.6 Å². The average Bonchev–Trinajstić information content (AvgIpc) is 2.49. The van der Waals surface area contributed by atoms with E-state index in [1.807, 2.05) is 18.2 Å². The van der Waals surface area contributed by atoms with Crippen LogP contribution in [0.5, 0.6) is 11.5 Å². The first-order valence-electron chi connectivity index (χ1n) is 8.23. The number of methoxy groups -OCH3 is 1. The van der Waals surface area contributed by atoms with Gasteiger partial charge in [0.1, 0.15) is 23.2 Å². The lowest BCUT2D eigenvalue weighted by Crippen LogP contribution is -2.58. The summed E-state index contributed by atoms with van der Waals surface area (Å²) in [5.74, 6) is 1.50. The van der Waals surface area contributed by atoms with E-state index in [2.05, 4.69) is 32.6 Å². The van der Waals surface area contributed by atoms with Crippen LogP contribution in [0.15, 0.2) is 18.2 Å². The third-order valence-corrected chi connectivity index (χ3v) is 4.52. The highest BCUT2D eigenvalue weighted by atomic mass is 16.5. The molecule has 4 heteroatoms. The lowest BCUT2D eigenvalue weighted by atomic mass is 9.84. The minimum Gasteiger partial charge on any atom is -0.497 e. The quantitative estimate of drug-likeness (QED) is 0.875. The van der Waals surface area contributed by atoms with E-state index < -0.39 is 11.7 Å². The molecule has 2 rings (SSSR count). The van der Waals surface area contributed by atoms with Gasteiger partial charge in [-0.1, -0.05) is 20.3 Å². The maximum atomic E-state index is 11.0. The van der Waals surface area contributed by atoms with Gasteiger partial charge in [0.15, 0.2) is 0 Å². The molecular formula is C18H29NO3. The van der Waals surface area contributed by atoms with E-state index in [-0.39, 0.29) is 6.04 Å². The maximum Gasteiger partial charge on any atom is 0.126 e. The number of hydrogen-bond acceptors (Lipinski definition) is 4.